The molecule has 0 saturated carbocycles. The van der Waals surface area contributed by atoms with Gasteiger partial charge >= 0.3 is 0 Å². The normalized spacial score (nSPS) is 18.1. The molecule has 9 heteroatoms. The summed E-state index contributed by atoms with van der Waals surface area (Å²) in [7, 11) is 0. The summed E-state index contributed by atoms with van der Waals surface area (Å²) in [5.74, 6) is -2.37. The molecule has 3 rings (SSSR count). The van der Waals surface area contributed by atoms with Crippen molar-refractivity contribution in [1.29, 1.82) is 0 Å². The Morgan fingerprint density at radius 3 is 2.81 bits per heavy atom. The van der Waals surface area contributed by atoms with Crippen LogP contribution < -0.4 is 5.32 Å². The number of aromatic nitrogens is 2. The number of nitrogens with one attached hydrogen (secondary N) is 1. The first-order valence-corrected chi connectivity index (χ1v) is 6.27. The average Bonchev–Trinajstić information content (AvgIpc) is 3.10. The summed E-state index contributed by atoms with van der Waals surface area (Å²) < 4.78 is 31.4. The minimum absolute atomic E-state index is 0.0909. The minimum Gasteiger partial charge on any atom is -0.334 e. The van der Waals surface area contributed by atoms with Gasteiger partial charge in [-0.15, -0.1) is 0 Å². The molecule has 2 aromatic rings. The first kappa shape index (κ1) is 13.6. The Bertz CT molecular complexity index is 698. The van der Waals surface area contributed by atoms with Crippen LogP contribution >= 0.6 is 0 Å². The summed E-state index contributed by atoms with van der Waals surface area (Å²) in [6.45, 7) is 0.819. The van der Waals surface area contributed by atoms with Crippen molar-refractivity contribution in [2.24, 2.45) is 0 Å². The predicted molar refractivity (Wildman–Crippen MR) is 66.3 cm³/mol. The number of nitro benzene ring substituents is 1. The highest BCUT2D eigenvalue weighted by Gasteiger charge is 2.27. The van der Waals surface area contributed by atoms with Gasteiger partial charge in [0.2, 0.25) is 0 Å². The van der Waals surface area contributed by atoms with E-state index >= 15 is 0 Å². The second-order valence-corrected chi connectivity index (χ2v) is 4.65. The van der Waals surface area contributed by atoms with Crippen LogP contribution in [0.25, 0.3) is 11.5 Å². The van der Waals surface area contributed by atoms with E-state index in [-0.39, 0.29) is 17.5 Å². The first-order chi connectivity index (χ1) is 10.1. The van der Waals surface area contributed by atoms with E-state index < -0.39 is 22.2 Å². The fourth-order valence-electron chi connectivity index (χ4n) is 2.25. The Labute approximate surface area is 117 Å². The van der Waals surface area contributed by atoms with E-state index in [4.69, 9.17) is 4.52 Å². The van der Waals surface area contributed by atoms with Crippen molar-refractivity contribution in [3.8, 4) is 11.5 Å². The summed E-state index contributed by atoms with van der Waals surface area (Å²) in [6.07, 6.45) is 1.78. The standard InChI is InChI=1S/C12H10F2N4O3/c13-7-4-6(10(18(19)20)5-8(7)14)12-16-11(17-21-12)9-2-1-3-15-9/h4-5,9,15H,1-3H2. The lowest BCUT2D eigenvalue weighted by Crippen LogP contribution is -2.14. The number of halogens is 2. The molecule has 21 heavy (non-hydrogen) atoms. The van der Waals surface area contributed by atoms with Gasteiger partial charge in [-0.1, -0.05) is 5.16 Å². The molecule has 1 unspecified atom stereocenters. The van der Waals surface area contributed by atoms with Crippen molar-refractivity contribution in [3.05, 3.63) is 39.7 Å². The summed E-state index contributed by atoms with van der Waals surface area (Å²) in [6, 6.07) is 1.10. The minimum atomic E-state index is -1.30. The smallest absolute Gasteiger partial charge is 0.285 e. The molecule has 1 atom stereocenters. The predicted octanol–water partition coefficient (Wildman–Crippen LogP) is 2.35. The molecule has 0 spiro atoms. The van der Waals surface area contributed by atoms with Gasteiger partial charge in [0.05, 0.1) is 17.0 Å². The average molecular weight is 296 g/mol. The maximum Gasteiger partial charge on any atom is 0.285 e. The van der Waals surface area contributed by atoms with E-state index in [0.717, 1.165) is 19.4 Å². The third kappa shape index (κ3) is 2.47. The first-order valence-electron chi connectivity index (χ1n) is 6.27. The number of hydrogen-bond acceptors (Lipinski definition) is 6. The van der Waals surface area contributed by atoms with Crippen LogP contribution in [0.3, 0.4) is 0 Å². The molecule has 1 N–H and O–H groups in total. The molecule has 1 saturated heterocycles. The van der Waals surface area contributed by atoms with Crippen molar-refractivity contribution in [2.75, 3.05) is 6.54 Å². The second kappa shape index (κ2) is 5.17. The lowest BCUT2D eigenvalue weighted by molar-refractivity contribution is -0.384. The van der Waals surface area contributed by atoms with Crippen molar-refractivity contribution in [3.63, 3.8) is 0 Å². The van der Waals surface area contributed by atoms with Crippen LogP contribution in [0, 0.1) is 21.7 Å². The van der Waals surface area contributed by atoms with Gasteiger partial charge < -0.3 is 9.84 Å². The van der Waals surface area contributed by atoms with Crippen LogP contribution in [0.15, 0.2) is 16.7 Å². The largest absolute Gasteiger partial charge is 0.334 e. The zero-order valence-electron chi connectivity index (χ0n) is 10.7. The highest BCUT2D eigenvalue weighted by molar-refractivity contribution is 5.66. The number of nitro groups is 1. The van der Waals surface area contributed by atoms with Crippen LogP contribution in [0.5, 0.6) is 0 Å². The van der Waals surface area contributed by atoms with Crippen LogP contribution in [-0.4, -0.2) is 21.6 Å². The molecule has 1 fully saturated rings. The molecule has 7 nitrogen and oxygen atoms in total. The van der Waals surface area contributed by atoms with Gasteiger partial charge in [0.1, 0.15) is 5.56 Å². The lowest BCUT2D eigenvalue weighted by Gasteiger charge is -2.02. The fraction of sp³-hybridized carbons (Fsp3) is 0.333. The summed E-state index contributed by atoms with van der Waals surface area (Å²) in [5.41, 5.74) is -0.862. The van der Waals surface area contributed by atoms with Crippen molar-refractivity contribution >= 4 is 5.69 Å². The molecule has 1 aliphatic rings. The fourth-order valence-corrected chi connectivity index (χ4v) is 2.25. The number of nitrogens with zero attached hydrogens (tertiary/aromatic N) is 3. The van der Waals surface area contributed by atoms with Crippen LogP contribution in [0.1, 0.15) is 24.7 Å². The van der Waals surface area contributed by atoms with E-state index in [1.807, 2.05) is 0 Å². The van der Waals surface area contributed by atoms with Crippen LogP contribution in [-0.2, 0) is 0 Å². The second-order valence-electron chi connectivity index (χ2n) is 4.65. The molecule has 1 aliphatic heterocycles. The summed E-state index contributed by atoms with van der Waals surface area (Å²) >= 11 is 0. The molecular formula is C12H10F2N4O3. The third-order valence-corrected chi connectivity index (χ3v) is 3.28. The summed E-state index contributed by atoms with van der Waals surface area (Å²) in [5, 5.41) is 17.8. The van der Waals surface area contributed by atoms with Gasteiger partial charge in [0.15, 0.2) is 17.5 Å². The third-order valence-electron chi connectivity index (χ3n) is 3.28. The lowest BCUT2D eigenvalue weighted by atomic mass is 10.1. The monoisotopic (exact) mass is 296 g/mol. The van der Waals surface area contributed by atoms with Gasteiger partial charge in [-0.2, -0.15) is 4.98 Å². The van der Waals surface area contributed by atoms with Crippen LogP contribution in [0.4, 0.5) is 14.5 Å². The van der Waals surface area contributed by atoms with Gasteiger partial charge in [0, 0.05) is 0 Å². The van der Waals surface area contributed by atoms with E-state index in [1.165, 1.54) is 0 Å². The maximum atomic E-state index is 13.3. The van der Waals surface area contributed by atoms with Gasteiger partial charge in [-0.25, -0.2) is 8.78 Å². The number of benzene rings is 1. The molecule has 2 heterocycles. The number of rotatable bonds is 3. The van der Waals surface area contributed by atoms with E-state index in [0.29, 0.717) is 18.0 Å². The van der Waals surface area contributed by atoms with Gasteiger partial charge in [-0.05, 0) is 25.5 Å². The van der Waals surface area contributed by atoms with E-state index in [9.17, 15) is 18.9 Å². The zero-order chi connectivity index (χ0) is 15.0. The topological polar surface area (TPSA) is 94.1 Å². The molecule has 110 valence electrons. The van der Waals surface area contributed by atoms with Crippen LogP contribution in [0.2, 0.25) is 0 Å². The van der Waals surface area contributed by atoms with E-state index in [1.54, 1.807) is 0 Å². The molecule has 1 aromatic carbocycles. The Morgan fingerprint density at radius 1 is 1.38 bits per heavy atom. The Kier molecular flexibility index (Phi) is 3.34. The molecular weight excluding hydrogens is 286 g/mol. The Hall–Kier alpha value is -2.42. The molecule has 0 radical (unpaired) electrons. The molecule has 1 aromatic heterocycles. The Balaban J connectivity index is 2.03. The van der Waals surface area contributed by atoms with Crippen molar-refractivity contribution < 1.29 is 18.2 Å². The molecule has 0 amide bonds. The maximum absolute atomic E-state index is 13.3. The number of hydrogen-bond donors (Lipinski definition) is 1. The quantitative estimate of drug-likeness (QED) is 0.690. The molecule has 0 aliphatic carbocycles. The van der Waals surface area contributed by atoms with Crippen molar-refractivity contribution in [2.45, 2.75) is 18.9 Å². The van der Waals surface area contributed by atoms with E-state index in [2.05, 4.69) is 15.5 Å². The summed E-state index contributed by atoms with van der Waals surface area (Å²) in [4.78, 5) is 14.2. The SMILES string of the molecule is O=[N+]([O-])c1cc(F)c(F)cc1-c1nc(C2CCCN2)no1. The highest BCUT2D eigenvalue weighted by Crippen LogP contribution is 2.32. The van der Waals surface area contributed by atoms with Gasteiger partial charge in [-0.3, -0.25) is 10.1 Å². The zero-order valence-corrected chi connectivity index (χ0v) is 10.7. The molecule has 0 bridgehead atoms. The van der Waals surface area contributed by atoms with Gasteiger partial charge in [0.25, 0.3) is 11.6 Å². The Morgan fingerprint density at radius 2 is 2.14 bits per heavy atom. The van der Waals surface area contributed by atoms with Crippen molar-refractivity contribution in [1.82, 2.24) is 15.5 Å². The highest BCUT2D eigenvalue weighted by atomic mass is 19.2.